The summed E-state index contributed by atoms with van der Waals surface area (Å²) in [5.74, 6) is 2.27. The SMILES string of the molecule is CCCCCC(=O)N(Cc1cc(-c2cc(OC)c(OC)c(OC)c2)on1)C[C@H]1CCCO1. The third-order valence-corrected chi connectivity index (χ3v) is 5.66. The normalized spacial score (nSPS) is 15.6. The summed E-state index contributed by atoms with van der Waals surface area (Å²) in [4.78, 5) is 14.7. The Labute approximate surface area is 189 Å². The molecular formula is C24H34N2O6. The van der Waals surface area contributed by atoms with Crippen molar-refractivity contribution in [3.63, 3.8) is 0 Å². The van der Waals surface area contributed by atoms with Gasteiger partial charge in [-0.25, -0.2) is 0 Å². The standard InChI is InChI=1S/C24H34N2O6/c1-5-6-7-10-23(27)26(16-19-9-8-11-31-19)15-18-14-20(32-25-18)17-12-21(28-2)24(30-4)22(13-17)29-3/h12-14,19H,5-11,15-16H2,1-4H3/t19-/m1/s1. The second-order valence-corrected chi connectivity index (χ2v) is 7.96. The molecule has 1 aromatic carbocycles. The Morgan fingerprint density at radius 1 is 1.12 bits per heavy atom. The van der Waals surface area contributed by atoms with Crippen LogP contribution >= 0.6 is 0 Å². The molecule has 2 aromatic rings. The van der Waals surface area contributed by atoms with Crippen molar-refractivity contribution in [1.29, 1.82) is 0 Å². The van der Waals surface area contributed by atoms with Gasteiger partial charge in [0.25, 0.3) is 0 Å². The number of hydrogen-bond donors (Lipinski definition) is 0. The maximum atomic E-state index is 12.9. The van der Waals surface area contributed by atoms with E-state index >= 15 is 0 Å². The molecule has 1 aliphatic rings. The number of carbonyl (C=O) groups is 1. The van der Waals surface area contributed by atoms with E-state index < -0.39 is 0 Å². The fourth-order valence-electron chi connectivity index (χ4n) is 3.91. The minimum Gasteiger partial charge on any atom is -0.493 e. The van der Waals surface area contributed by atoms with Gasteiger partial charge in [0.1, 0.15) is 5.69 Å². The Kier molecular flexibility index (Phi) is 8.79. The van der Waals surface area contributed by atoms with E-state index in [1.807, 2.05) is 23.1 Å². The van der Waals surface area contributed by atoms with Crippen LogP contribution < -0.4 is 14.2 Å². The summed E-state index contributed by atoms with van der Waals surface area (Å²) < 4.78 is 27.6. The average molecular weight is 447 g/mol. The lowest BCUT2D eigenvalue weighted by molar-refractivity contribution is -0.133. The van der Waals surface area contributed by atoms with Crippen molar-refractivity contribution in [2.75, 3.05) is 34.5 Å². The molecule has 0 N–H and O–H groups in total. The second-order valence-electron chi connectivity index (χ2n) is 7.96. The van der Waals surface area contributed by atoms with Gasteiger partial charge >= 0.3 is 0 Å². The molecule has 1 saturated heterocycles. The van der Waals surface area contributed by atoms with Crippen LogP contribution in [0.1, 0.15) is 51.1 Å². The summed E-state index contributed by atoms with van der Waals surface area (Å²) in [5.41, 5.74) is 1.44. The Balaban J connectivity index is 1.77. The van der Waals surface area contributed by atoms with Crippen LogP contribution in [0.2, 0.25) is 0 Å². The molecule has 1 fully saturated rings. The number of hydrogen-bond acceptors (Lipinski definition) is 7. The van der Waals surface area contributed by atoms with Crippen LogP contribution in [0.4, 0.5) is 0 Å². The van der Waals surface area contributed by atoms with Gasteiger partial charge in [0, 0.05) is 31.2 Å². The van der Waals surface area contributed by atoms with E-state index in [0.29, 0.717) is 48.2 Å². The van der Waals surface area contributed by atoms with E-state index in [-0.39, 0.29) is 12.0 Å². The molecule has 32 heavy (non-hydrogen) atoms. The predicted molar refractivity (Wildman–Crippen MR) is 120 cm³/mol. The monoisotopic (exact) mass is 446 g/mol. The van der Waals surface area contributed by atoms with Crippen LogP contribution in [0.5, 0.6) is 17.2 Å². The Morgan fingerprint density at radius 3 is 2.47 bits per heavy atom. The molecule has 0 unspecified atom stereocenters. The molecule has 0 saturated carbocycles. The fourth-order valence-corrected chi connectivity index (χ4v) is 3.91. The summed E-state index contributed by atoms with van der Waals surface area (Å²) in [7, 11) is 4.70. The number of ether oxygens (including phenoxy) is 4. The van der Waals surface area contributed by atoms with E-state index in [4.69, 9.17) is 23.5 Å². The molecule has 0 aliphatic carbocycles. The summed E-state index contributed by atoms with van der Waals surface area (Å²) in [5, 5.41) is 4.22. The Morgan fingerprint density at radius 2 is 1.88 bits per heavy atom. The molecule has 0 bridgehead atoms. The maximum absolute atomic E-state index is 12.9. The number of unbranched alkanes of at least 4 members (excludes halogenated alkanes) is 2. The lowest BCUT2D eigenvalue weighted by atomic mass is 10.1. The van der Waals surface area contributed by atoms with Crippen LogP contribution in [-0.4, -0.2) is 56.5 Å². The first-order valence-corrected chi connectivity index (χ1v) is 11.2. The molecule has 8 nitrogen and oxygen atoms in total. The zero-order chi connectivity index (χ0) is 22.9. The van der Waals surface area contributed by atoms with E-state index in [1.54, 1.807) is 21.3 Å². The highest BCUT2D eigenvalue weighted by Crippen LogP contribution is 2.41. The van der Waals surface area contributed by atoms with Crippen molar-refractivity contribution in [3.05, 3.63) is 23.9 Å². The third-order valence-electron chi connectivity index (χ3n) is 5.66. The minimum atomic E-state index is 0.0895. The number of aromatic nitrogens is 1. The van der Waals surface area contributed by atoms with Crippen LogP contribution in [0, 0.1) is 0 Å². The van der Waals surface area contributed by atoms with Crippen LogP contribution in [0.3, 0.4) is 0 Å². The van der Waals surface area contributed by atoms with Crippen molar-refractivity contribution in [2.24, 2.45) is 0 Å². The maximum Gasteiger partial charge on any atom is 0.223 e. The van der Waals surface area contributed by atoms with E-state index in [2.05, 4.69) is 12.1 Å². The van der Waals surface area contributed by atoms with Crippen LogP contribution in [0.15, 0.2) is 22.7 Å². The number of amides is 1. The first-order chi connectivity index (χ1) is 15.6. The topological polar surface area (TPSA) is 83.3 Å². The molecule has 176 valence electrons. The van der Waals surface area contributed by atoms with E-state index in [9.17, 15) is 4.79 Å². The molecule has 0 radical (unpaired) electrons. The van der Waals surface area contributed by atoms with Gasteiger partial charge in [-0.1, -0.05) is 24.9 Å². The molecule has 8 heteroatoms. The lowest BCUT2D eigenvalue weighted by Crippen LogP contribution is -2.36. The van der Waals surface area contributed by atoms with Crippen molar-refractivity contribution in [1.82, 2.24) is 10.1 Å². The predicted octanol–water partition coefficient (Wildman–Crippen LogP) is 4.46. The molecule has 1 atom stereocenters. The Bertz CT molecular complexity index is 850. The zero-order valence-electron chi connectivity index (χ0n) is 19.5. The molecule has 3 rings (SSSR count). The summed E-state index contributed by atoms with van der Waals surface area (Å²) in [6, 6.07) is 5.47. The minimum absolute atomic E-state index is 0.0895. The molecule has 0 spiro atoms. The fraction of sp³-hybridized carbons (Fsp3) is 0.583. The van der Waals surface area contributed by atoms with Gasteiger partial charge in [-0.05, 0) is 31.4 Å². The van der Waals surface area contributed by atoms with Crippen LogP contribution in [-0.2, 0) is 16.1 Å². The summed E-state index contributed by atoms with van der Waals surface area (Å²) >= 11 is 0. The Hall–Kier alpha value is -2.74. The highest BCUT2D eigenvalue weighted by atomic mass is 16.5. The third kappa shape index (κ3) is 5.94. The molecule has 1 aliphatic heterocycles. The van der Waals surface area contributed by atoms with Gasteiger partial charge in [-0.2, -0.15) is 0 Å². The van der Waals surface area contributed by atoms with Gasteiger partial charge in [0.2, 0.25) is 11.7 Å². The quantitative estimate of drug-likeness (QED) is 0.445. The van der Waals surface area contributed by atoms with E-state index in [0.717, 1.165) is 44.3 Å². The first kappa shape index (κ1) is 23.9. The van der Waals surface area contributed by atoms with E-state index in [1.165, 1.54) is 0 Å². The molecule has 2 heterocycles. The van der Waals surface area contributed by atoms with Crippen molar-refractivity contribution in [3.8, 4) is 28.6 Å². The van der Waals surface area contributed by atoms with Gasteiger partial charge < -0.3 is 28.4 Å². The van der Waals surface area contributed by atoms with Crippen molar-refractivity contribution in [2.45, 2.75) is 58.1 Å². The van der Waals surface area contributed by atoms with Crippen molar-refractivity contribution >= 4 is 5.91 Å². The van der Waals surface area contributed by atoms with Gasteiger partial charge in [-0.15, -0.1) is 0 Å². The van der Waals surface area contributed by atoms with Gasteiger partial charge in [0.15, 0.2) is 17.3 Å². The zero-order valence-corrected chi connectivity index (χ0v) is 19.5. The summed E-state index contributed by atoms with van der Waals surface area (Å²) in [6.45, 7) is 3.86. The number of carbonyl (C=O) groups excluding carboxylic acids is 1. The average Bonchev–Trinajstić information content (AvgIpc) is 3.50. The molecule has 1 aromatic heterocycles. The highest BCUT2D eigenvalue weighted by molar-refractivity contribution is 5.76. The lowest BCUT2D eigenvalue weighted by Gasteiger charge is -2.24. The largest absolute Gasteiger partial charge is 0.493 e. The number of rotatable bonds is 12. The molecule has 1 amide bonds. The number of benzene rings is 1. The first-order valence-electron chi connectivity index (χ1n) is 11.2. The summed E-state index contributed by atoms with van der Waals surface area (Å²) in [6.07, 6.45) is 5.68. The van der Waals surface area contributed by atoms with Crippen LogP contribution in [0.25, 0.3) is 11.3 Å². The number of methoxy groups -OCH3 is 3. The highest BCUT2D eigenvalue weighted by Gasteiger charge is 2.24. The second kappa shape index (κ2) is 11.8. The van der Waals surface area contributed by atoms with Crippen molar-refractivity contribution < 1.29 is 28.3 Å². The molecular weight excluding hydrogens is 412 g/mol. The van der Waals surface area contributed by atoms with Gasteiger partial charge in [0.05, 0.1) is 34.0 Å². The smallest absolute Gasteiger partial charge is 0.223 e. The number of nitrogens with zero attached hydrogens (tertiary/aromatic N) is 2. The van der Waals surface area contributed by atoms with Gasteiger partial charge in [-0.3, -0.25) is 4.79 Å².